The highest BCUT2D eigenvalue weighted by molar-refractivity contribution is 6.30. The summed E-state index contributed by atoms with van der Waals surface area (Å²) in [7, 11) is 0. The lowest BCUT2D eigenvalue weighted by Crippen LogP contribution is -2.49. The monoisotopic (exact) mass is 462 g/mol. The minimum absolute atomic E-state index is 0.138. The Hall–Kier alpha value is -2.60. The maximum Gasteiger partial charge on any atom is 0.242 e. The van der Waals surface area contributed by atoms with Gasteiger partial charge in [0.15, 0.2) is 0 Å². The number of nitrogens with one attached hydrogen (secondary N) is 1. The zero-order valence-corrected chi connectivity index (χ0v) is 19.7. The Kier molecular flexibility index (Phi) is 10.5. The topological polar surface area (TPSA) is 58.6 Å². The van der Waals surface area contributed by atoms with Gasteiger partial charge in [-0.25, -0.2) is 4.39 Å². The van der Waals surface area contributed by atoms with Crippen LogP contribution in [-0.4, -0.2) is 35.9 Å². The molecule has 1 atom stereocenters. The molecule has 2 aromatic rings. The molecule has 0 aliphatic heterocycles. The van der Waals surface area contributed by atoms with Gasteiger partial charge in [0.1, 0.15) is 17.6 Å². The van der Waals surface area contributed by atoms with E-state index in [1.54, 1.807) is 41.3 Å². The summed E-state index contributed by atoms with van der Waals surface area (Å²) in [4.78, 5) is 27.5. The van der Waals surface area contributed by atoms with Crippen molar-refractivity contribution in [3.05, 3.63) is 64.9 Å². The van der Waals surface area contributed by atoms with Crippen molar-refractivity contribution < 1.29 is 18.7 Å². The molecular formula is C25H32ClFN2O3. The second-order valence-corrected chi connectivity index (χ2v) is 8.55. The number of carbonyl (C=O) groups is 2. The Bertz CT molecular complexity index is 856. The Balaban J connectivity index is 2.03. The first kappa shape index (κ1) is 25.7. The van der Waals surface area contributed by atoms with Gasteiger partial charge in [-0.15, -0.1) is 0 Å². The molecule has 0 radical (unpaired) electrons. The first-order valence-electron chi connectivity index (χ1n) is 11.0. The largest absolute Gasteiger partial charge is 0.494 e. The quantitative estimate of drug-likeness (QED) is 0.440. The minimum atomic E-state index is -0.594. The number of halogens is 2. The van der Waals surface area contributed by atoms with Crippen molar-refractivity contribution in [1.82, 2.24) is 10.2 Å². The first-order valence-corrected chi connectivity index (χ1v) is 11.4. The van der Waals surface area contributed by atoms with Crippen LogP contribution in [0, 0.1) is 11.7 Å². The van der Waals surface area contributed by atoms with Gasteiger partial charge in [0.05, 0.1) is 6.61 Å². The minimum Gasteiger partial charge on any atom is -0.494 e. The van der Waals surface area contributed by atoms with E-state index in [9.17, 15) is 14.0 Å². The van der Waals surface area contributed by atoms with Gasteiger partial charge in [-0.3, -0.25) is 9.59 Å². The van der Waals surface area contributed by atoms with Crippen molar-refractivity contribution >= 4 is 23.4 Å². The molecule has 0 saturated heterocycles. The third-order valence-corrected chi connectivity index (χ3v) is 5.21. The molecule has 5 nitrogen and oxygen atoms in total. The molecule has 0 bridgehead atoms. The van der Waals surface area contributed by atoms with Crippen LogP contribution < -0.4 is 10.1 Å². The number of amides is 2. The summed E-state index contributed by atoms with van der Waals surface area (Å²) in [5.41, 5.74) is 0.771. The summed E-state index contributed by atoms with van der Waals surface area (Å²) in [6, 6.07) is 12.4. The van der Waals surface area contributed by atoms with Crippen molar-refractivity contribution in [1.29, 1.82) is 0 Å². The van der Waals surface area contributed by atoms with Crippen LogP contribution >= 0.6 is 11.6 Å². The van der Waals surface area contributed by atoms with Gasteiger partial charge in [0.25, 0.3) is 0 Å². The maximum absolute atomic E-state index is 13.3. The van der Waals surface area contributed by atoms with E-state index in [2.05, 4.69) is 5.32 Å². The van der Waals surface area contributed by atoms with Gasteiger partial charge in [-0.1, -0.05) is 44.5 Å². The highest BCUT2D eigenvalue weighted by Gasteiger charge is 2.28. The number of ether oxygens (including phenoxy) is 1. The molecule has 0 spiro atoms. The molecule has 7 heteroatoms. The molecule has 0 aliphatic carbocycles. The van der Waals surface area contributed by atoms with Crippen LogP contribution in [0.1, 0.15) is 45.6 Å². The van der Waals surface area contributed by atoms with Crippen molar-refractivity contribution in [2.75, 3.05) is 13.2 Å². The second kappa shape index (κ2) is 13.1. The van der Waals surface area contributed by atoms with E-state index in [0.717, 1.165) is 5.56 Å². The van der Waals surface area contributed by atoms with Crippen molar-refractivity contribution in [2.24, 2.45) is 5.92 Å². The lowest BCUT2D eigenvalue weighted by atomic mass is 10.1. The highest BCUT2D eigenvalue weighted by Crippen LogP contribution is 2.17. The number of rotatable bonds is 12. The van der Waals surface area contributed by atoms with Crippen LogP contribution in [0.2, 0.25) is 5.02 Å². The molecule has 0 unspecified atom stereocenters. The molecule has 174 valence electrons. The molecule has 32 heavy (non-hydrogen) atoms. The zero-order valence-electron chi connectivity index (χ0n) is 18.9. The predicted octanol–water partition coefficient (Wildman–Crippen LogP) is 5.22. The summed E-state index contributed by atoms with van der Waals surface area (Å²) < 4.78 is 19.0. The second-order valence-electron chi connectivity index (χ2n) is 8.12. The fourth-order valence-electron chi connectivity index (χ4n) is 3.22. The van der Waals surface area contributed by atoms with E-state index in [-0.39, 0.29) is 30.6 Å². The van der Waals surface area contributed by atoms with Gasteiger partial charge < -0.3 is 15.0 Å². The summed E-state index contributed by atoms with van der Waals surface area (Å²) >= 11 is 5.87. The van der Waals surface area contributed by atoms with Crippen LogP contribution in [-0.2, 0) is 16.1 Å². The molecular weight excluding hydrogens is 431 g/mol. The molecule has 0 aromatic heterocycles. The summed E-state index contributed by atoms with van der Waals surface area (Å²) in [6.45, 7) is 7.07. The van der Waals surface area contributed by atoms with Crippen LogP contribution in [0.25, 0.3) is 0 Å². The normalized spacial score (nSPS) is 11.8. The molecule has 0 heterocycles. The van der Waals surface area contributed by atoms with Crippen molar-refractivity contribution in [2.45, 2.75) is 52.6 Å². The van der Waals surface area contributed by atoms with Gasteiger partial charge in [0.2, 0.25) is 11.8 Å². The molecule has 0 saturated carbocycles. The van der Waals surface area contributed by atoms with Gasteiger partial charge in [0, 0.05) is 24.5 Å². The Labute approximate surface area is 194 Å². The SMILES string of the molecule is CC[C@H](C(=O)NCC(C)C)N(Cc1ccc(F)cc1)C(=O)CCCOc1ccc(Cl)cc1. The van der Waals surface area contributed by atoms with E-state index in [1.165, 1.54) is 12.1 Å². The third-order valence-electron chi connectivity index (χ3n) is 4.95. The highest BCUT2D eigenvalue weighted by atomic mass is 35.5. The number of hydrogen-bond acceptors (Lipinski definition) is 3. The predicted molar refractivity (Wildman–Crippen MR) is 125 cm³/mol. The first-order chi connectivity index (χ1) is 15.3. The van der Waals surface area contributed by atoms with Crippen molar-refractivity contribution in [3.63, 3.8) is 0 Å². The fraction of sp³-hybridized carbons (Fsp3) is 0.440. The van der Waals surface area contributed by atoms with E-state index in [4.69, 9.17) is 16.3 Å². The Morgan fingerprint density at radius 2 is 1.75 bits per heavy atom. The molecule has 1 N–H and O–H groups in total. The van der Waals surface area contributed by atoms with Gasteiger partial charge in [-0.2, -0.15) is 0 Å². The van der Waals surface area contributed by atoms with Crippen molar-refractivity contribution in [3.8, 4) is 5.75 Å². The number of benzene rings is 2. The maximum atomic E-state index is 13.3. The summed E-state index contributed by atoms with van der Waals surface area (Å²) in [5, 5.41) is 3.56. The van der Waals surface area contributed by atoms with Crippen LogP contribution in [0.5, 0.6) is 5.75 Å². The average molecular weight is 463 g/mol. The van der Waals surface area contributed by atoms with E-state index >= 15 is 0 Å². The molecule has 0 aliphatic rings. The Morgan fingerprint density at radius 1 is 1.09 bits per heavy atom. The zero-order chi connectivity index (χ0) is 23.5. The smallest absolute Gasteiger partial charge is 0.242 e. The molecule has 2 rings (SSSR count). The lowest BCUT2D eigenvalue weighted by molar-refractivity contribution is -0.141. The summed E-state index contributed by atoms with van der Waals surface area (Å²) in [6.07, 6.45) is 1.23. The lowest BCUT2D eigenvalue weighted by Gasteiger charge is -2.31. The number of carbonyl (C=O) groups excluding carboxylic acids is 2. The van der Waals surface area contributed by atoms with E-state index in [0.29, 0.717) is 42.7 Å². The Morgan fingerprint density at radius 3 is 2.34 bits per heavy atom. The van der Waals surface area contributed by atoms with Crippen LogP contribution in [0.15, 0.2) is 48.5 Å². The van der Waals surface area contributed by atoms with Gasteiger partial charge >= 0.3 is 0 Å². The van der Waals surface area contributed by atoms with Crippen LogP contribution in [0.3, 0.4) is 0 Å². The molecule has 2 aromatic carbocycles. The van der Waals surface area contributed by atoms with Crippen LogP contribution in [0.4, 0.5) is 4.39 Å². The molecule has 2 amide bonds. The summed E-state index contributed by atoms with van der Waals surface area (Å²) in [5.74, 6) is 0.342. The number of nitrogens with zero attached hydrogens (tertiary/aromatic N) is 1. The number of hydrogen-bond donors (Lipinski definition) is 1. The van der Waals surface area contributed by atoms with E-state index in [1.807, 2.05) is 20.8 Å². The van der Waals surface area contributed by atoms with Gasteiger partial charge in [-0.05, 0) is 60.7 Å². The fourth-order valence-corrected chi connectivity index (χ4v) is 3.34. The average Bonchev–Trinajstić information content (AvgIpc) is 2.77. The third kappa shape index (κ3) is 8.50. The van der Waals surface area contributed by atoms with E-state index < -0.39 is 6.04 Å². The standard InChI is InChI=1S/C25H32ClFN2O3/c1-4-23(25(31)28-16-18(2)3)29(17-19-7-11-21(27)12-8-19)24(30)6-5-15-32-22-13-9-20(26)10-14-22/h7-14,18,23H,4-6,15-17H2,1-3H3,(H,28,31)/t23-/m1/s1. The molecule has 0 fully saturated rings.